The van der Waals surface area contributed by atoms with Gasteiger partial charge in [-0.1, -0.05) is 12.1 Å². The average molecular weight is 394 g/mol. The maximum Gasteiger partial charge on any atom is 0.203 e. The number of benzene rings is 3. The minimum absolute atomic E-state index is 0.163. The van der Waals surface area contributed by atoms with Crippen molar-refractivity contribution in [2.45, 2.75) is 0 Å². The van der Waals surface area contributed by atoms with Gasteiger partial charge < -0.3 is 18.9 Å². The lowest BCUT2D eigenvalue weighted by Gasteiger charge is -2.13. The molecule has 148 valence electrons. The fraction of sp³-hybridized carbons (Fsp3) is 0.136. The molecule has 0 bridgehead atoms. The number of para-hydroxylation sites is 1. The molecule has 1 heterocycles. The van der Waals surface area contributed by atoms with E-state index in [9.17, 15) is 4.39 Å². The fourth-order valence-corrected chi connectivity index (χ4v) is 3.15. The van der Waals surface area contributed by atoms with Crippen LogP contribution < -0.4 is 18.9 Å². The number of nitrogens with zero attached hydrogens (tertiary/aromatic N) is 1. The molecule has 0 unspecified atom stereocenters. The Morgan fingerprint density at radius 1 is 0.828 bits per heavy atom. The van der Waals surface area contributed by atoms with E-state index in [0.29, 0.717) is 23.0 Å². The van der Waals surface area contributed by atoms with Crippen molar-refractivity contribution in [3.05, 3.63) is 60.4 Å². The van der Waals surface area contributed by atoms with Gasteiger partial charge in [-0.15, -0.1) is 0 Å². The minimum atomic E-state index is -0.421. The first-order valence-corrected chi connectivity index (χ1v) is 8.85. The van der Waals surface area contributed by atoms with Gasteiger partial charge in [0.25, 0.3) is 0 Å². The van der Waals surface area contributed by atoms with Crippen molar-refractivity contribution in [1.29, 1.82) is 0 Å². The topological polar surface area (TPSA) is 65.6 Å². The molecule has 0 aliphatic heterocycles. The summed E-state index contributed by atoms with van der Waals surface area (Å²) in [5.41, 5.74) is 2.27. The number of halogens is 1. The molecule has 0 fully saturated rings. The van der Waals surface area contributed by atoms with Crippen molar-refractivity contribution in [3.8, 4) is 40.0 Å². The number of methoxy groups -OCH3 is 3. The zero-order chi connectivity index (χ0) is 20.4. The Hall–Kier alpha value is -3.74. The number of aromatic amines is 1. The van der Waals surface area contributed by atoms with Crippen LogP contribution in [0.25, 0.3) is 22.2 Å². The van der Waals surface area contributed by atoms with Gasteiger partial charge in [-0.2, -0.15) is 5.10 Å². The summed E-state index contributed by atoms with van der Waals surface area (Å²) in [5, 5.41) is 8.30. The van der Waals surface area contributed by atoms with E-state index >= 15 is 0 Å². The number of H-pyrrole nitrogens is 1. The maximum absolute atomic E-state index is 13.8. The first-order valence-electron chi connectivity index (χ1n) is 8.85. The molecule has 6 nitrogen and oxygen atoms in total. The van der Waals surface area contributed by atoms with Crippen LogP contribution in [0.1, 0.15) is 0 Å². The van der Waals surface area contributed by atoms with E-state index in [0.717, 1.165) is 22.2 Å². The zero-order valence-corrected chi connectivity index (χ0v) is 16.2. The number of hydrogen-bond acceptors (Lipinski definition) is 5. The van der Waals surface area contributed by atoms with Crippen molar-refractivity contribution in [2.75, 3.05) is 21.3 Å². The molecule has 0 aliphatic rings. The van der Waals surface area contributed by atoms with Gasteiger partial charge >= 0.3 is 0 Å². The van der Waals surface area contributed by atoms with Crippen LogP contribution >= 0.6 is 0 Å². The molecule has 4 rings (SSSR count). The van der Waals surface area contributed by atoms with Gasteiger partial charge in [-0.05, 0) is 36.4 Å². The third kappa shape index (κ3) is 3.42. The van der Waals surface area contributed by atoms with Crippen molar-refractivity contribution < 1.29 is 23.3 Å². The number of nitrogens with one attached hydrogen (secondary N) is 1. The summed E-state index contributed by atoms with van der Waals surface area (Å²) in [4.78, 5) is 0. The molecular formula is C22H19FN2O4. The fourth-order valence-electron chi connectivity index (χ4n) is 3.15. The molecule has 7 heteroatoms. The Labute approximate surface area is 166 Å². The van der Waals surface area contributed by atoms with Crippen molar-refractivity contribution in [1.82, 2.24) is 10.2 Å². The van der Waals surface area contributed by atoms with E-state index in [-0.39, 0.29) is 5.75 Å². The second kappa shape index (κ2) is 7.71. The van der Waals surface area contributed by atoms with Crippen molar-refractivity contribution >= 4 is 10.9 Å². The highest BCUT2D eigenvalue weighted by Gasteiger charge is 2.17. The van der Waals surface area contributed by atoms with Gasteiger partial charge in [-0.25, -0.2) is 4.39 Å². The van der Waals surface area contributed by atoms with E-state index in [1.807, 2.05) is 18.2 Å². The zero-order valence-electron chi connectivity index (χ0n) is 16.2. The summed E-state index contributed by atoms with van der Waals surface area (Å²) in [6, 6.07) is 15.3. The Bertz CT molecular complexity index is 1150. The van der Waals surface area contributed by atoms with Crippen molar-refractivity contribution in [2.24, 2.45) is 0 Å². The lowest BCUT2D eigenvalue weighted by Crippen LogP contribution is -1.96. The number of hydrogen-bond donors (Lipinski definition) is 1. The van der Waals surface area contributed by atoms with E-state index in [4.69, 9.17) is 18.9 Å². The number of aromatic nitrogens is 2. The van der Waals surface area contributed by atoms with Gasteiger partial charge in [0.05, 0.1) is 26.8 Å². The quantitative estimate of drug-likeness (QED) is 0.488. The van der Waals surface area contributed by atoms with Gasteiger partial charge in [-0.3, -0.25) is 5.10 Å². The van der Waals surface area contributed by atoms with Gasteiger partial charge in [0.1, 0.15) is 11.4 Å². The molecule has 0 aliphatic carbocycles. The molecule has 29 heavy (non-hydrogen) atoms. The summed E-state index contributed by atoms with van der Waals surface area (Å²) >= 11 is 0. The SMILES string of the molecule is COc1cc(-c2n[nH]c3cc(Oc4ccccc4F)ccc23)cc(OC)c1OC. The molecule has 0 atom stereocenters. The average Bonchev–Trinajstić information content (AvgIpc) is 3.17. The Balaban J connectivity index is 1.74. The standard InChI is InChI=1S/C22H19FN2O4/c1-26-19-10-13(11-20(27-2)22(19)28-3)21-15-9-8-14(12-17(15)24-25-21)29-18-7-5-4-6-16(18)23/h4-12H,1-3H3,(H,24,25). The Morgan fingerprint density at radius 3 is 2.21 bits per heavy atom. The highest BCUT2D eigenvalue weighted by atomic mass is 19.1. The molecule has 3 aromatic carbocycles. The first kappa shape index (κ1) is 18.6. The molecule has 0 saturated heterocycles. The summed E-state index contributed by atoms with van der Waals surface area (Å²) in [6.45, 7) is 0. The molecule has 4 aromatic rings. The number of fused-ring (bicyclic) bond motifs is 1. The molecule has 1 N–H and O–H groups in total. The van der Waals surface area contributed by atoms with Gasteiger partial charge in [0.15, 0.2) is 23.1 Å². The predicted molar refractivity (Wildman–Crippen MR) is 108 cm³/mol. The van der Waals surface area contributed by atoms with Crippen LogP contribution in [0.3, 0.4) is 0 Å². The van der Waals surface area contributed by atoms with E-state index in [2.05, 4.69) is 10.2 Å². The smallest absolute Gasteiger partial charge is 0.203 e. The lowest BCUT2D eigenvalue weighted by molar-refractivity contribution is 0.324. The molecule has 0 radical (unpaired) electrons. The lowest BCUT2D eigenvalue weighted by atomic mass is 10.1. The highest BCUT2D eigenvalue weighted by Crippen LogP contribution is 2.42. The van der Waals surface area contributed by atoms with E-state index < -0.39 is 5.82 Å². The highest BCUT2D eigenvalue weighted by molar-refractivity contribution is 5.94. The Kier molecular flexibility index (Phi) is 4.95. The normalized spacial score (nSPS) is 10.8. The second-order valence-corrected chi connectivity index (χ2v) is 6.23. The monoisotopic (exact) mass is 394 g/mol. The Morgan fingerprint density at radius 2 is 1.55 bits per heavy atom. The summed E-state index contributed by atoms with van der Waals surface area (Å²) in [6.07, 6.45) is 0. The summed E-state index contributed by atoms with van der Waals surface area (Å²) < 4.78 is 35.7. The van der Waals surface area contributed by atoms with Crippen LogP contribution in [0.5, 0.6) is 28.7 Å². The van der Waals surface area contributed by atoms with Crippen LogP contribution in [0.2, 0.25) is 0 Å². The van der Waals surface area contributed by atoms with E-state index in [1.54, 1.807) is 51.7 Å². The molecule has 0 saturated carbocycles. The molecular weight excluding hydrogens is 375 g/mol. The van der Waals surface area contributed by atoms with Crippen LogP contribution in [-0.4, -0.2) is 31.5 Å². The third-order valence-electron chi connectivity index (χ3n) is 4.54. The largest absolute Gasteiger partial charge is 0.493 e. The first-order chi connectivity index (χ1) is 14.1. The predicted octanol–water partition coefficient (Wildman–Crippen LogP) is 5.19. The maximum atomic E-state index is 13.8. The number of ether oxygens (including phenoxy) is 4. The second-order valence-electron chi connectivity index (χ2n) is 6.23. The summed E-state index contributed by atoms with van der Waals surface area (Å²) in [7, 11) is 4.69. The number of rotatable bonds is 6. The van der Waals surface area contributed by atoms with Crippen LogP contribution in [-0.2, 0) is 0 Å². The van der Waals surface area contributed by atoms with Crippen LogP contribution in [0.15, 0.2) is 54.6 Å². The third-order valence-corrected chi connectivity index (χ3v) is 4.54. The molecule has 0 spiro atoms. The van der Waals surface area contributed by atoms with E-state index in [1.165, 1.54) is 6.07 Å². The minimum Gasteiger partial charge on any atom is -0.493 e. The van der Waals surface area contributed by atoms with Crippen molar-refractivity contribution in [3.63, 3.8) is 0 Å². The summed E-state index contributed by atoms with van der Waals surface area (Å²) in [5.74, 6) is 1.84. The molecule has 1 aromatic heterocycles. The van der Waals surface area contributed by atoms with Crippen LogP contribution in [0, 0.1) is 5.82 Å². The van der Waals surface area contributed by atoms with Gasteiger partial charge in [0, 0.05) is 17.0 Å². The van der Waals surface area contributed by atoms with Crippen LogP contribution in [0.4, 0.5) is 4.39 Å². The van der Waals surface area contributed by atoms with Gasteiger partial charge in [0.2, 0.25) is 5.75 Å². The molecule has 0 amide bonds.